The van der Waals surface area contributed by atoms with Crippen LogP contribution >= 0.6 is 11.3 Å². The average Bonchev–Trinajstić information content (AvgIpc) is 3.36. The Hall–Kier alpha value is -2.02. The van der Waals surface area contributed by atoms with Gasteiger partial charge in [0.05, 0.1) is 0 Å². The van der Waals surface area contributed by atoms with Crippen LogP contribution < -0.4 is 5.32 Å². The predicted octanol–water partition coefficient (Wildman–Crippen LogP) is 4.82. The van der Waals surface area contributed by atoms with Crippen molar-refractivity contribution >= 4 is 23.1 Å². The molecule has 0 bridgehead atoms. The van der Waals surface area contributed by atoms with Crippen molar-refractivity contribution in [1.82, 2.24) is 15.1 Å². The van der Waals surface area contributed by atoms with E-state index in [1.165, 1.54) is 42.8 Å². The number of anilines is 1. The molecule has 1 saturated heterocycles. The van der Waals surface area contributed by atoms with Gasteiger partial charge in [0.25, 0.3) is 0 Å². The third-order valence-corrected chi connectivity index (χ3v) is 6.76. The lowest BCUT2D eigenvalue weighted by Crippen LogP contribution is -2.40. The van der Waals surface area contributed by atoms with Crippen LogP contribution in [0.5, 0.6) is 0 Å². The number of carbonyl (C=O) groups is 1. The Labute approximate surface area is 163 Å². The highest BCUT2D eigenvalue weighted by atomic mass is 32.1. The first-order valence-electron chi connectivity index (χ1n) is 9.81. The molecule has 5 nitrogen and oxygen atoms in total. The van der Waals surface area contributed by atoms with Crippen LogP contribution in [-0.4, -0.2) is 34.2 Å². The molecular formula is C20H25FN4OS. The van der Waals surface area contributed by atoms with Crippen molar-refractivity contribution in [3.05, 3.63) is 40.1 Å². The summed E-state index contributed by atoms with van der Waals surface area (Å²) in [6.07, 6.45) is 8.27. The third-order valence-electron chi connectivity index (χ3n) is 5.65. The van der Waals surface area contributed by atoms with Gasteiger partial charge in [0.2, 0.25) is 0 Å². The Morgan fingerprint density at radius 1 is 1.11 bits per heavy atom. The summed E-state index contributed by atoms with van der Waals surface area (Å²) < 4.78 is 13.0. The van der Waals surface area contributed by atoms with Crippen LogP contribution in [0.1, 0.15) is 54.5 Å². The molecule has 1 saturated carbocycles. The zero-order valence-corrected chi connectivity index (χ0v) is 16.2. The summed E-state index contributed by atoms with van der Waals surface area (Å²) in [6, 6.07) is 5.72. The first-order chi connectivity index (χ1) is 13.2. The molecule has 1 aromatic heterocycles. The summed E-state index contributed by atoms with van der Waals surface area (Å²) >= 11 is 1.76. The molecule has 7 heteroatoms. The molecule has 2 heterocycles. The van der Waals surface area contributed by atoms with Gasteiger partial charge in [-0.1, -0.05) is 25.7 Å². The van der Waals surface area contributed by atoms with Gasteiger partial charge in [-0.25, -0.2) is 9.18 Å². The van der Waals surface area contributed by atoms with Crippen LogP contribution in [0.3, 0.4) is 0 Å². The summed E-state index contributed by atoms with van der Waals surface area (Å²) in [7, 11) is 0. The molecule has 1 aromatic carbocycles. The number of urea groups is 1. The minimum atomic E-state index is -0.307. The highest BCUT2D eigenvalue weighted by Crippen LogP contribution is 2.33. The van der Waals surface area contributed by atoms with Gasteiger partial charge in [-0.2, -0.15) is 0 Å². The van der Waals surface area contributed by atoms with Crippen molar-refractivity contribution < 1.29 is 9.18 Å². The summed E-state index contributed by atoms with van der Waals surface area (Å²) in [5.41, 5.74) is 0.615. The summed E-state index contributed by atoms with van der Waals surface area (Å²) in [4.78, 5) is 14.2. The molecule has 1 N–H and O–H groups in total. The lowest BCUT2D eigenvalue weighted by molar-refractivity contribution is 0.194. The fourth-order valence-electron chi connectivity index (χ4n) is 4.04. The normalized spacial score (nSPS) is 18.8. The number of nitrogens with zero attached hydrogens (tertiary/aromatic N) is 3. The standard InChI is InChI=1S/C20H25FN4OS/c21-16-5-7-17(8-6-16)22-20(26)25-11-9-15(10-12-25)19-24-23-18(27-19)13-14-3-1-2-4-14/h5-8,14-15H,1-4,9-13H2,(H,22,26). The van der Waals surface area contributed by atoms with Crippen LogP contribution in [0.25, 0.3) is 0 Å². The van der Waals surface area contributed by atoms with E-state index in [1.807, 2.05) is 4.90 Å². The number of carbonyl (C=O) groups excluding carboxylic acids is 1. The monoisotopic (exact) mass is 388 g/mol. The Balaban J connectivity index is 1.27. The number of piperidine rings is 1. The maximum Gasteiger partial charge on any atom is 0.321 e. The van der Waals surface area contributed by atoms with Crippen LogP contribution in [0.4, 0.5) is 14.9 Å². The van der Waals surface area contributed by atoms with E-state index in [9.17, 15) is 9.18 Å². The molecule has 0 unspecified atom stereocenters. The van der Waals surface area contributed by atoms with E-state index in [1.54, 1.807) is 23.5 Å². The minimum Gasteiger partial charge on any atom is -0.324 e. The molecule has 0 spiro atoms. The Morgan fingerprint density at radius 2 is 1.81 bits per heavy atom. The number of benzene rings is 1. The number of hydrogen-bond donors (Lipinski definition) is 1. The van der Waals surface area contributed by atoms with Gasteiger partial charge in [0.15, 0.2) is 0 Å². The zero-order valence-electron chi connectivity index (χ0n) is 15.4. The van der Waals surface area contributed by atoms with Crippen molar-refractivity contribution in [2.24, 2.45) is 5.92 Å². The smallest absolute Gasteiger partial charge is 0.321 e. The number of rotatable bonds is 4. The van der Waals surface area contributed by atoms with E-state index < -0.39 is 0 Å². The molecule has 2 aliphatic rings. The quantitative estimate of drug-likeness (QED) is 0.817. The zero-order chi connectivity index (χ0) is 18.6. The predicted molar refractivity (Wildman–Crippen MR) is 105 cm³/mol. The molecular weight excluding hydrogens is 363 g/mol. The summed E-state index contributed by atoms with van der Waals surface area (Å²) in [5.74, 6) is 0.885. The van der Waals surface area contributed by atoms with Gasteiger partial charge in [-0.15, -0.1) is 21.5 Å². The van der Waals surface area contributed by atoms with Crippen molar-refractivity contribution in [3.8, 4) is 0 Å². The molecule has 0 atom stereocenters. The fraction of sp³-hybridized carbons (Fsp3) is 0.550. The lowest BCUT2D eigenvalue weighted by atomic mass is 9.98. The largest absolute Gasteiger partial charge is 0.324 e. The maximum absolute atomic E-state index is 13.0. The third kappa shape index (κ3) is 4.64. The van der Waals surface area contributed by atoms with Gasteiger partial charge in [-0.3, -0.25) is 0 Å². The van der Waals surface area contributed by atoms with Crippen LogP contribution in [0.15, 0.2) is 24.3 Å². The van der Waals surface area contributed by atoms with Crippen LogP contribution in [0.2, 0.25) is 0 Å². The van der Waals surface area contributed by atoms with Gasteiger partial charge in [0.1, 0.15) is 15.8 Å². The van der Waals surface area contributed by atoms with E-state index >= 15 is 0 Å². The number of nitrogens with one attached hydrogen (secondary N) is 1. The molecule has 1 aliphatic heterocycles. The highest BCUT2D eigenvalue weighted by molar-refractivity contribution is 7.11. The summed E-state index contributed by atoms with van der Waals surface area (Å²) in [6.45, 7) is 1.41. The van der Waals surface area contributed by atoms with E-state index in [4.69, 9.17) is 0 Å². The second-order valence-corrected chi connectivity index (χ2v) is 8.68. The first-order valence-corrected chi connectivity index (χ1v) is 10.6. The van der Waals surface area contributed by atoms with Gasteiger partial charge in [0, 0.05) is 31.1 Å². The highest BCUT2D eigenvalue weighted by Gasteiger charge is 2.27. The number of amides is 2. The van der Waals surface area contributed by atoms with Gasteiger partial charge >= 0.3 is 6.03 Å². The number of aromatic nitrogens is 2. The van der Waals surface area contributed by atoms with Crippen molar-refractivity contribution in [3.63, 3.8) is 0 Å². The number of likely N-dealkylation sites (tertiary alicyclic amines) is 1. The van der Waals surface area contributed by atoms with Crippen molar-refractivity contribution in [2.75, 3.05) is 18.4 Å². The lowest BCUT2D eigenvalue weighted by Gasteiger charge is -2.31. The molecule has 2 amide bonds. The molecule has 27 heavy (non-hydrogen) atoms. The van der Waals surface area contributed by atoms with E-state index in [0.717, 1.165) is 30.2 Å². The second kappa shape index (κ2) is 8.33. The molecule has 144 valence electrons. The topological polar surface area (TPSA) is 58.1 Å². The van der Waals surface area contributed by atoms with E-state index in [0.29, 0.717) is 24.7 Å². The van der Waals surface area contributed by atoms with Crippen LogP contribution in [0, 0.1) is 11.7 Å². The van der Waals surface area contributed by atoms with Gasteiger partial charge in [-0.05, 0) is 43.0 Å². The van der Waals surface area contributed by atoms with Crippen LogP contribution in [-0.2, 0) is 6.42 Å². The first kappa shape index (κ1) is 18.3. The average molecular weight is 389 g/mol. The second-order valence-electron chi connectivity index (χ2n) is 7.59. The Bertz CT molecular complexity index is 765. The van der Waals surface area contributed by atoms with E-state index in [2.05, 4.69) is 15.5 Å². The minimum absolute atomic E-state index is 0.126. The van der Waals surface area contributed by atoms with Crippen molar-refractivity contribution in [2.45, 2.75) is 50.9 Å². The SMILES string of the molecule is O=C(Nc1ccc(F)cc1)N1CCC(c2nnc(CC3CCCC3)s2)CC1. The summed E-state index contributed by atoms with van der Waals surface area (Å²) in [5, 5.41) is 14.0. The molecule has 2 aromatic rings. The molecule has 1 aliphatic carbocycles. The number of hydrogen-bond acceptors (Lipinski definition) is 4. The molecule has 4 rings (SSSR count). The maximum atomic E-state index is 13.0. The fourth-order valence-corrected chi connectivity index (χ4v) is 5.17. The van der Waals surface area contributed by atoms with E-state index in [-0.39, 0.29) is 11.8 Å². The Kier molecular flexibility index (Phi) is 5.66. The Morgan fingerprint density at radius 3 is 2.52 bits per heavy atom. The van der Waals surface area contributed by atoms with Crippen molar-refractivity contribution in [1.29, 1.82) is 0 Å². The van der Waals surface area contributed by atoms with Gasteiger partial charge < -0.3 is 10.2 Å². The molecule has 2 fully saturated rings. The molecule has 0 radical (unpaired) electrons. The number of halogens is 1.